The van der Waals surface area contributed by atoms with Gasteiger partial charge in [-0.2, -0.15) is 0 Å². The predicted octanol–water partition coefficient (Wildman–Crippen LogP) is 2.29. The third-order valence-corrected chi connectivity index (χ3v) is 4.59. The molecular formula is C18H22N4O3. The van der Waals surface area contributed by atoms with Gasteiger partial charge in [0, 0.05) is 23.7 Å². The van der Waals surface area contributed by atoms with E-state index < -0.39 is 5.97 Å². The van der Waals surface area contributed by atoms with Crippen molar-refractivity contribution < 1.29 is 14.7 Å². The molecule has 0 radical (unpaired) electrons. The Bertz CT molecular complexity index is 769. The first-order chi connectivity index (χ1) is 12.1. The second kappa shape index (κ2) is 7.48. The summed E-state index contributed by atoms with van der Waals surface area (Å²) in [4.78, 5) is 29.3. The second-order valence-corrected chi connectivity index (χ2v) is 6.26. The lowest BCUT2D eigenvalue weighted by atomic mass is 9.85. The fourth-order valence-corrected chi connectivity index (χ4v) is 3.23. The van der Waals surface area contributed by atoms with E-state index in [-0.39, 0.29) is 24.7 Å². The van der Waals surface area contributed by atoms with Crippen molar-refractivity contribution in [3.63, 3.8) is 0 Å². The molecule has 1 heterocycles. The van der Waals surface area contributed by atoms with Crippen LogP contribution in [0.2, 0.25) is 0 Å². The Morgan fingerprint density at radius 3 is 2.76 bits per heavy atom. The van der Waals surface area contributed by atoms with Gasteiger partial charge in [0.05, 0.1) is 17.7 Å². The SMILES string of the molecule is CCN(CC(=O)O)C1CC(NC(=O)Nc2cccc3cccnc23)C1. The monoisotopic (exact) mass is 342 g/mol. The van der Waals surface area contributed by atoms with Gasteiger partial charge in [0.15, 0.2) is 0 Å². The number of nitrogens with zero attached hydrogens (tertiary/aromatic N) is 2. The zero-order chi connectivity index (χ0) is 17.8. The standard InChI is InChI=1S/C18H22N4O3/c1-2-22(11-16(23)24)14-9-13(10-14)20-18(25)21-15-7-3-5-12-6-4-8-19-17(12)15/h3-8,13-14H,2,9-11H2,1H3,(H,23,24)(H2,20,21,25). The van der Waals surface area contributed by atoms with E-state index >= 15 is 0 Å². The molecule has 0 bridgehead atoms. The Morgan fingerprint density at radius 2 is 2.04 bits per heavy atom. The smallest absolute Gasteiger partial charge is 0.319 e. The van der Waals surface area contributed by atoms with Crippen LogP contribution in [0.1, 0.15) is 19.8 Å². The van der Waals surface area contributed by atoms with Gasteiger partial charge in [-0.1, -0.05) is 25.1 Å². The van der Waals surface area contributed by atoms with Crippen LogP contribution in [-0.4, -0.2) is 52.2 Å². The highest BCUT2D eigenvalue weighted by Gasteiger charge is 2.34. The van der Waals surface area contributed by atoms with Gasteiger partial charge in [-0.15, -0.1) is 0 Å². The van der Waals surface area contributed by atoms with Crippen molar-refractivity contribution >= 4 is 28.6 Å². The van der Waals surface area contributed by atoms with E-state index in [4.69, 9.17) is 5.11 Å². The number of benzene rings is 1. The second-order valence-electron chi connectivity index (χ2n) is 6.26. The van der Waals surface area contributed by atoms with Crippen LogP contribution in [0.4, 0.5) is 10.5 Å². The van der Waals surface area contributed by atoms with Crippen LogP contribution in [0, 0.1) is 0 Å². The molecule has 0 aliphatic heterocycles. The highest BCUT2D eigenvalue weighted by molar-refractivity contribution is 5.99. The minimum absolute atomic E-state index is 0.0434. The third kappa shape index (κ3) is 4.06. The van der Waals surface area contributed by atoms with Crippen molar-refractivity contribution in [2.75, 3.05) is 18.4 Å². The molecule has 0 unspecified atom stereocenters. The molecule has 132 valence electrons. The number of hydrogen-bond donors (Lipinski definition) is 3. The van der Waals surface area contributed by atoms with Crippen LogP contribution >= 0.6 is 0 Å². The molecule has 1 aromatic heterocycles. The molecule has 25 heavy (non-hydrogen) atoms. The van der Waals surface area contributed by atoms with E-state index in [0.29, 0.717) is 12.2 Å². The lowest BCUT2D eigenvalue weighted by Gasteiger charge is -2.42. The van der Waals surface area contributed by atoms with Gasteiger partial charge in [0.2, 0.25) is 0 Å². The highest BCUT2D eigenvalue weighted by atomic mass is 16.4. The number of urea groups is 1. The van der Waals surface area contributed by atoms with Crippen LogP contribution in [0.5, 0.6) is 0 Å². The Hall–Kier alpha value is -2.67. The van der Waals surface area contributed by atoms with Crippen LogP contribution in [-0.2, 0) is 4.79 Å². The zero-order valence-corrected chi connectivity index (χ0v) is 14.1. The largest absolute Gasteiger partial charge is 0.480 e. The van der Waals surface area contributed by atoms with E-state index in [0.717, 1.165) is 23.7 Å². The van der Waals surface area contributed by atoms with Gasteiger partial charge in [0.1, 0.15) is 0 Å². The van der Waals surface area contributed by atoms with Gasteiger partial charge in [-0.3, -0.25) is 14.7 Å². The Morgan fingerprint density at radius 1 is 1.28 bits per heavy atom. The molecule has 1 aliphatic carbocycles. The number of aromatic nitrogens is 1. The van der Waals surface area contributed by atoms with E-state index in [1.165, 1.54) is 0 Å². The summed E-state index contributed by atoms with van der Waals surface area (Å²) < 4.78 is 0. The summed E-state index contributed by atoms with van der Waals surface area (Å²) >= 11 is 0. The van der Waals surface area contributed by atoms with Crippen molar-refractivity contribution in [1.82, 2.24) is 15.2 Å². The third-order valence-electron chi connectivity index (χ3n) is 4.59. The van der Waals surface area contributed by atoms with Crippen molar-refractivity contribution in [3.8, 4) is 0 Å². The fraction of sp³-hybridized carbons (Fsp3) is 0.389. The van der Waals surface area contributed by atoms with Gasteiger partial charge < -0.3 is 15.7 Å². The Labute approximate surface area is 146 Å². The predicted molar refractivity (Wildman–Crippen MR) is 95.6 cm³/mol. The summed E-state index contributed by atoms with van der Waals surface area (Å²) in [5.74, 6) is -0.820. The molecule has 2 aromatic rings. The first kappa shape index (κ1) is 17.2. The molecule has 3 N–H and O–H groups in total. The number of carbonyl (C=O) groups excluding carboxylic acids is 1. The first-order valence-corrected chi connectivity index (χ1v) is 8.44. The average molecular weight is 342 g/mol. The molecule has 0 spiro atoms. The normalized spacial score (nSPS) is 19.4. The number of anilines is 1. The molecule has 1 aromatic carbocycles. The molecule has 2 amide bonds. The number of likely N-dealkylation sites (N-methyl/N-ethyl adjacent to an activating group) is 1. The van der Waals surface area contributed by atoms with Crippen molar-refractivity contribution in [3.05, 3.63) is 36.5 Å². The number of carboxylic acid groups (broad SMARTS) is 1. The molecule has 1 fully saturated rings. The van der Waals surface area contributed by atoms with E-state index in [1.807, 2.05) is 42.2 Å². The highest BCUT2D eigenvalue weighted by Crippen LogP contribution is 2.26. The molecule has 7 nitrogen and oxygen atoms in total. The number of amides is 2. The van der Waals surface area contributed by atoms with Crippen LogP contribution in [0.3, 0.4) is 0 Å². The lowest BCUT2D eigenvalue weighted by Crippen LogP contribution is -2.55. The summed E-state index contributed by atoms with van der Waals surface area (Å²) in [6.07, 6.45) is 3.23. The lowest BCUT2D eigenvalue weighted by molar-refractivity contribution is -0.139. The van der Waals surface area contributed by atoms with Crippen LogP contribution < -0.4 is 10.6 Å². The zero-order valence-electron chi connectivity index (χ0n) is 14.1. The number of para-hydroxylation sites is 1. The molecule has 1 aliphatic rings. The van der Waals surface area contributed by atoms with E-state index in [2.05, 4.69) is 15.6 Å². The number of fused-ring (bicyclic) bond motifs is 1. The van der Waals surface area contributed by atoms with Crippen LogP contribution in [0.15, 0.2) is 36.5 Å². The molecule has 1 saturated carbocycles. The minimum atomic E-state index is -0.820. The number of hydrogen-bond acceptors (Lipinski definition) is 4. The molecule has 3 rings (SSSR count). The van der Waals surface area contributed by atoms with Gasteiger partial charge >= 0.3 is 12.0 Å². The van der Waals surface area contributed by atoms with Crippen molar-refractivity contribution in [1.29, 1.82) is 0 Å². The maximum atomic E-state index is 12.2. The maximum Gasteiger partial charge on any atom is 0.319 e. The van der Waals surface area contributed by atoms with Gasteiger partial charge in [-0.05, 0) is 31.5 Å². The molecule has 7 heteroatoms. The van der Waals surface area contributed by atoms with Crippen LogP contribution in [0.25, 0.3) is 10.9 Å². The summed E-state index contributed by atoms with van der Waals surface area (Å²) in [5.41, 5.74) is 1.43. The number of rotatable bonds is 6. The Balaban J connectivity index is 1.53. The number of carbonyl (C=O) groups is 2. The molecule has 0 saturated heterocycles. The number of carboxylic acids is 1. The quantitative estimate of drug-likeness (QED) is 0.749. The number of aliphatic carboxylic acids is 1. The fourth-order valence-electron chi connectivity index (χ4n) is 3.23. The Kier molecular flexibility index (Phi) is 5.14. The average Bonchev–Trinajstić information content (AvgIpc) is 2.56. The topological polar surface area (TPSA) is 94.6 Å². The summed E-state index contributed by atoms with van der Waals surface area (Å²) in [5, 5.41) is 15.7. The first-order valence-electron chi connectivity index (χ1n) is 8.44. The summed E-state index contributed by atoms with van der Waals surface area (Å²) in [6.45, 7) is 2.68. The number of nitrogens with one attached hydrogen (secondary N) is 2. The maximum absolute atomic E-state index is 12.2. The van der Waals surface area contributed by atoms with Crippen molar-refractivity contribution in [2.24, 2.45) is 0 Å². The van der Waals surface area contributed by atoms with E-state index in [9.17, 15) is 9.59 Å². The van der Waals surface area contributed by atoms with Gasteiger partial charge in [-0.25, -0.2) is 4.79 Å². The van der Waals surface area contributed by atoms with Gasteiger partial charge in [0.25, 0.3) is 0 Å². The minimum Gasteiger partial charge on any atom is -0.480 e. The summed E-state index contributed by atoms with van der Waals surface area (Å²) in [6, 6.07) is 9.48. The summed E-state index contributed by atoms with van der Waals surface area (Å²) in [7, 11) is 0. The molecule has 0 atom stereocenters. The van der Waals surface area contributed by atoms with Crippen molar-refractivity contribution in [2.45, 2.75) is 31.8 Å². The van der Waals surface area contributed by atoms with E-state index in [1.54, 1.807) is 6.20 Å². The molecular weight excluding hydrogens is 320 g/mol. The number of pyridine rings is 1.